The molecule has 0 unspecified atom stereocenters. The van der Waals surface area contributed by atoms with Crippen molar-refractivity contribution in [2.75, 3.05) is 9.80 Å². The van der Waals surface area contributed by atoms with E-state index in [1.165, 1.54) is 107 Å². The van der Waals surface area contributed by atoms with Gasteiger partial charge in [0.05, 0.1) is 21.6 Å². The lowest BCUT2D eigenvalue weighted by Crippen LogP contribution is -2.56. The molecule has 3 nitrogen and oxygen atoms in total. The van der Waals surface area contributed by atoms with Gasteiger partial charge in [-0.05, 0) is 99.8 Å². The average Bonchev–Trinajstić information content (AvgIpc) is 4.03. The molecule has 0 N–H and O–H groups in total. The van der Waals surface area contributed by atoms with Gasteiger partial charge in [0.25, 0.3) is 0 Å². The number of rotatable bonds is 5. The third-order valence-electron chi connectivity index (χ3n) is 14.1. The molecular formula is C60H42BN3S2. The van der Waals surface area contributed by atoms with Crippen LogP contribution >= 0.6 is 22.7 Å². The van der Waals surface area contributed by atoms with E-state index in [2.05, 4.69) is 235 Å². The second kappa shape index (κ2) is 14.1. The Kier molecular flexibility index (Phi) is 8.09. The number of para-hydroxylation sites is 3. The van der Waals surface area contributed by atoms with Gasteiger partial charge in [-0.1, -0.05) is 154 Å². The van der Waals surface area contributed by atoms with Gasteiger partial charge >= 0.3 is 6.85 Å². The molecule has 312 valence electrons. The molecule has 0 saturated heterocycles. The lowest BCUT2D eigenvalue weighted by Gasteiger charge is -2.42. The van der Waals surface area contributed by atoms with Crippen molar-refractivity contribution in [1.82, 2.24) is 4.48 Å². The van der Waals surface area contributed by atoms with Crippen LogP contribution in [0.4, 0.5) is 34.1 Å². The van der Waals surface area contributed by atoms with Crippen LogP contribution in [0.2, 0.25) is 0 Å². The Bertz CT molecular complexity index is 3900. The van der Waals surface area contributed by atoms with Crippen molar-refractivity contribution in [3.8, 4) is 22.3 Å². The maximum absolute atomic E-state index is 2.74. The van der Waals surface area contributed by atoms with Gasteiger partial charge in [-0.25, -0.2) is 0 Å². The van der Waals surface area contributed by atoms with E-state index in [0.717, 1.165) is 17.1 Å². The van der Waals surface area contributed by atoms with E-state index in [-0.39, 0.29) is 12.3 Å². The quantitative estimate of drug-likeness (QED) is 0.160. The summed E-state index contributed by atoms with van der Waals surface area (Å²) in [5.41, 5.74) is 18.5. The number of hydrogen-bond acceptors (Lipinski definition) is 4. The van der Waals surface area contributed by atoms with Crippen molar-refractivity contribution in [3.63, 3.8) is 0 Å². The lowest BCUT2D eigenvalue weighted by atomic mass is 9.45. The van der Waals surface area contributed by atoms with Crippen LogP contribution in [0.5, 0.6) is 0 Å². The zero-order chi connectivity index (χ0) is 43.8. The topological polar surface area (TPSA) is 11.4 Å². The number of hydrogen-bond donors (Lipinski definition) is 0. The van der Waals surface area contributed by atoms with Crippen LogP contribution in [0, 0.1) is 0 Å². The van der Waals surface area contributed by atoms with Crippen LogP contribution in [0.1, 0.15) is 26.3 Å². The third kappa shape index (κ3) is 5.37. The minimum absolute atomic E-state index is 0.0487. The molecule has 0 aliphatic carbocycles. The number of thiophene rings is 2. The molecule has 66 heavy (non-hydrogen) atoms. The number of aromatic nitrogens is 1. The van der Waals surface area contributed by atoms with Gasteiger partial charge in [-0.2, -0.15) is 0 Å². The van der Waals surface area contributed by atoms with Crippen molar-refractivity contribution >= 4 is 126 Å². The lowest BCUT2D eigenvalue weighted by molar-refractivity contribution is 0.590. The van der Waals surface area contributed by atoms with Gasteiger partial charge in [-0.15, -0.1) is 22.7 Å². The summed E-state index contributed by atoms with van der Waals surface area (Å²) in [5, 5.41) is 5.23. The third-order valence-corrected chi connectivity index (χ3v) is 16.4. The molecule has 5 heterocycles. The Balaban J connectivity index is 1.20. The minimum Gasteiger partial charge on any atom is -0.374 e. The van der Waals surface area contributed by atoms with Gasteiger partial charge in [0.2, 0.25) is 0 Å². The molecule has 0 spiro atoms. The van der Waals surface area contributed by atoms with E-state index < -0.39 is 0 Å². The first-order chi connectivity index (χ1) is 32.4. The van der Waals surface area contributed by atoms with Crippen LogP contribution in [0.3, 0.4) is 0 Å². The fourth-order valence-electron chi connectivity index (χ4n) is 11.2. The van der Waals surface area contributed by atoms with Crippen molar-refractivity contribution in [2.45, 2.75) is 26.2 Å². The fraction of sp³-hybridized carbons (Fsp3) is 0.0667. The first-order valence-corrected chi connectivity index (χ1v) is 24.5. The summed E-state index contributed by atoms with van der Waals surface area (Å²) in [4.78, 5) is 5.12. The highest BCUT2D eigenvalue weighted by Gasteiger charge is 2.45. The van der Waals surface area contributed by atoms with Gasteiger partial charge < -0.3 is 14.3 Å². The summed E-state index contributed by atoms with van der Waals surface area (Å²) < 4.78 is 8.02. The summed E-state index contributed by atoms with van der Waals surface area (Å²) in [5.74, 6) is 0. The number of nitrogens with zero attached hydrogens (tertiary/aromatic N) is 3. The van der Waals surface area contributed by atoms with E-state index in [1.54, 1.807) is 0 Å². The maximum atomic E-state index is 2.74. The van der Waals surface area contributed by atoms with Gasteiger partial charge in [0.15, 0.2) is 0 Å². The predicted molar refractivity (Wildman–Crippen MR) is 287 cm³/mol. The molecule has 2 aliphatic heterocycles. The van der Waals surface area contributed by atoms with Crippen molar-refractivity contribution in [3.05, 3.63) is 206 Å². The standard InChI is InChI=1S/C60H42BN3S2/c1-60(2,3)38-30-32-49(46(34-38)37-18-7-4-8-19-37)63-50-36-41(62(39-20-9-5-10-21-39)40-22-11-6-12-23-40)35-47-42-26-17-27-45-56(42)64(57-44-25-14-16-29-52(44)66-59(45)57)61(55(47)50)48-31-33-53-54(58(48)63)43-24-13-15-28-51(43)65-53/h4-36H,1-3H3. The zero-order valence-corrected chi connectivity index (χ0v) is 38.4. The SMILES string of the molecule is CC(C)(C)c1ccc(N2c3cc(N(c4ccccc4)c4ccccc4)cc4c3B(c3ccc5sc6ccccc6c5c32)n2c3c-4cccc3c3sc4ccccc4c32)c(-c2ccccc2)c1. The van der Waals surface area contributed by atoms with Crippen molar-refractivity contribution in [2.24, 2.45) is 0 Å². The van der Waals surface area contributed by atoms with Gasteiger partial charge in [-0.3, -0.25) is 0 Å². The summed E-state index contributed by atoms with van der Waals surface area (Å²) in [6.45, 7) is 6.88. The van der Waals surface area contributed by atoms with Crippen LogP contribution in [0.25, 0.3) is 73.6 Å². The molecule has 3 aromatic heterocycles. The van der Waals surface area contributed by atoms with Crippen LogP contribution in [0.15, 0.2) is 200 Å². The van der Waals surface area contributed by atoms with E-state index >= 15 is 0 Å². The fourth-order valence-corrected chi connectivity index (χ4v) is 13.5. The van der Waals surface area contributed by atoms with E-state index in [0.29, 0.717) is 0 Å². The Morgan fingerprint density at radius 3 is 1.85 bits per heavy atom. The highest BCUT2D eigenvalue weighted by Crippen LogP contribution is 2.54. The Labute approximate surface area is 392 Å². The summed E-state index contributed by atoms with van der Waals surface area (Å²) >= 11 is 3.83. The molecular weight excluding hydrogens is 838 g/mol. The zero-order valence-electron chi connectivity index (χ0n) is 36.8. The molecule has 0 radical (unpaired) electrons. The molecule has 14 rings (SSSR count). The number of fused-ring (bicyclic) bond motifs is 13. The highest BCUT2D eigenvalue weighted by atomic mass is 32.1. The Morgan fingerprint density at radius 1 is 0.470 bits per heavy atom. The molecule has 6 heteroatoms. The second-order valence-corrected chi connectivity index (χ2v) is 21.0. The minimum atomic E-state index is -0.0952. The van der Waals surface area contributed by atoms with Crippen molar-refractivity contribution < 1.29 is 0 Å². The Morgan fingerprint density at radius 2 is 1.12 bits per heavy atom. The Hall–Kier alpha value is -7.38. The number of benzene rings is 9. The molecule has 0 fully saturated rings. The molecule has 0 atom stereocenters. The first kappa shape index (κ1) is 37.9. The molecule has 2 aliphatic rings. The van der Waals surface area contributed by atoms with E-state index in [1.807, 2.05) is 22.7 Å². The molecule has 12 aromatic rings. The van der Waals surface area contributed by atoms with Crippen LogP contribution in [-0.4, -0.2) is 11.3 Å². The normalized spacial score (nSPS) is 13.0. The van der Waals surface area contributed by atoms with Gasteiger partial charge in [0.1, 0.15) is 0 Å². The van der Waals surface area contributed by atoms with Crippen molar-refractivity contribution in [1.29, 1.82) is 0 Å². The van der Waals surface area contributed by atoms with E-state index in [9.17, 15) is 0 Å². The largest absolute Gasteiger partial charge is 0.374 e. The average molecular weight is 880 g/mol. The van der Waals surface area contributed by atoms with E-state index in [4.69, 9.17) is 0 Å². The van der Waals surface area contributed by atoms with Crippen LogP contribution in [-0.2, 0) is 5.41 Å². The van der Waals surface area contributed by atoms with Gasteiger partial charge in [0, 0.05) is 75.0 Å². The number of anilines is 6. The smallest absolute Gasteiger partial charge is 0.333 e. The summed E-state index contributed by atoms with van der Waals surface area (Å²) in [6.07, 6.45) is 0. The molecule has 0 amide bonds. The molecule has 0 saturated carbocycles. The summed E-state index contributed by atoms with van der Waals surface area (Å²) in [7, 11) is 0. The maximum Gasteiger partial charge on any atom is 0.333 e. The highest BCUT2D eigenvalue weighted by molar-refractivity contribution is 7.27. The summed E-state index contributed by atoms with van der Waals surface area (Å²) in [6, 6.07) is 75.0. The monoisotopic (exact) mass is 879 g/mol. The van der Waals surface area contributed by atoms with Crippen LogP contribution < -0.4 is 20.7 Å². The molecule has 9 aromatic carbocycles. The predicted octanol–water partition coefficient (Wildman–Crippen LogP) is 16.2. The second-order valence-electron chi connectivity index (χ2n) is 18.8. The first-order valence-electron chi connectivity index (χ1n) is 22.9. The molecule has 0 bridgehead atoms.